The van der Waals surface area contributed by atoms with Crippen LogP contribution >= 0.6 is 23.2 Å². The van der Waals surface area contributed by atoms with E-state index in [2.05, 4.69) is 5.32 Å². The Morgan fingerprint density at radius 1 is 1.33 bits per heavy atom. The molecule has 0 aromatic heterocycles. The Labute approximate surface area is 115 Å². The zero-order valence-corrected chi connectivity index (χ0v) is 11.8. The summed E-state index contributed by atoms with van der Waals surface area (Å²) < 4.78 is 18.0. The third-order valence-electron chi connectivity index (χ3n) is 1.84. The largest absolute Gasteiger partial charge is 0.459 e. The van der Waals surface area contributed by atoms with E-state index in [9.17, 15) is 9.18 Å². The summed E-state index contributed by atoms with van der Waals surface area (Å²) in [6, 6.07) is 2.23. The highest BCUT2D eigenvalue weighted by Crippen LogP contribution is 2.31. The third-order valence-corrected chi connectivity index (χ3v) is 2.43. The monoisotopic (exact) mass is 293 g/mol. The van der Waals surface area contributed by atoms with Gasteiger partial charge < -0.3 is 10.1 Å². The lowest BCUT2D eigenvalue weighted by atomic mass is 10.2. The molecule has 0 saturated carbocycles. The van der Waals surface area contributed by atoms with Crippen LogP contribution in [-0.4, -0.2) is 18.1 Å². The molecule has 0 spiro atoms. The summed E-state index contributed by atoms with van der Waals surface area (Å²) in [5, 5.41) is 2.95. The van der Waals surface area contributed by atoms with Gasteiger partial charge in [-0.25, -0.2) is 4.39 Å². The molecular weight excluding hydrogens is 280 g/mol. The van der Waals surface area contributed by atoms with Crippen LogP contribution in [0.25, 0.3) is 0 Å². The lowest BCUT2D eigenvalue weighted by molar-refractivity contribution is -0.152. The third kappa shape index (κ3) is 4.70. The summed E-state index contributed by atoms with van der Waals surface area (Å²) >= 11 is 11.6. The molecule has 0 aliphatic rings. The summed E-state index contributed by atoms with van der Waals surface area (Å²) in [5.41, 5.74) is -0.250. The fraction of sp³-hybridized carbons (Fsp3) is 0.417. The highest BCUT2D eigenvalue weighted by Gasteiger charge is 2.17. The van der Waals surface area contributed by atoms with Crippen LogP contribution in [0.1, 0.15) is 20.8 Å². The maximum atomic E-state index is 12.9. The van der Waals surface area contributed by atoms with Crippen LogP contribution in [0.4, 0.5) is 10.1 Å². The van der Waals surface area contributed by atoms with E-state index in [1.54, 1.807) is 20.8 Å². The standard InChI is InChI=1S/C12H14Cl2FNO2/c1-12(2,3)18-10(17)6-16-11-8(13)4-7(15)5-9(11)14/h4-5,16H,6H2,1-3H3. The number of halogens is 3. The quantitative estimate of drug-likeness (QED) is 0.860. The number of anilines is 1. The van der Waals surface area contributed by atoms with Crippen molar-refractivity contribution in [1.82, 2.24) is 0 Å². The predicted octanol–water partition coefficient (Wildman–Crippen LogP) is 3.89. The number of benzene rings is 1. The summed E-state index contributed by atoms with van der Waals surface area (Å²) in [5.74, 6) is -0.980. The number of esters is 1. The van der Waals surface area contributed by atoms with Gasteiger partial charge in [0.1, 0.15) is 18.0 Å². The maximum Gasteiger partial charge on any atom is 0.325 e. The molecule has 0 aliphatic heterocycles. The molecule has 6 heteroatoms. The molecule has 1 rings (SSSR count). The van der Waals surface area contributed by atoms with E-state index < -0.39 is 17.4 Å². The van der Waals surface area contributed by atoms with Crippen molar-refractivity contribution in [3.8, 4) is 0 Å². The minimum atomic E-state index is -0.560. The zero-order chi connectivity index (χ0) is 13.9. The molecule has 0 atom stereocenters. The Hall–Kier alpha value is -1.00. The van der Waals surface area contributed by atoms with Crippen LogP contribution in [0.5, 0.6) is 0 Å². The Morgan fingerprint density at radius 2 is 1.83 bits per heavy atom. The molecule has 1 N–H and O–H groups in total. The van der Waals surface area contributed by atoms with E-state index >= 15 is 0 Å². The number of nitrogens with one attached hydrogen (secondary N) is 1. The lowest BCUT2D eigenvalue weighted by Crippen LogP contribution is -2.28. The van der Waals surface area contributed by atoms with E-state index in [4.69, 9.17) is 27.9 Å². The molecule has 0 radical (unpaired) electrons. The Kier molecular flexibility index (Phi) is 4.82. The minimum Gasteiger partial charge on any atom is -0.459 e. The number of rotatable bonds is 3. The number of ether oxygens (including phenoxy) is 1. The van der Waals surface area contributed by atoms with Crippen molar-refractivity contribution in [2.24, 2.45) is 0 Å². The first-order valence-corrected chi connectivity index (χ1v) is 6.05. The molecule has 0 amide bonds. The molecule has 0 unspecified atom stereocenters. The SMILES string of the molecule is CC(C)(C)OC(=O)CNc1c(Cl)cc(F)cc1Cl. The topological polar surface area (TPSA) is 38.3 Å². The first-order valence-electron chi connectivity index (χ1n) is 5.29. The van der Waals surface area contributed by atoms with E-state index in [1.165, 1.54) is 0 Å². The van der Waals surface area contributed by atoms with Crippen molar-refractivity contribution in [3.05, 3.63) is 28.0 Å². The second kappa shape index (κ2) is 5.76. The van der Waals surface area contributed by atoms with E-state index in [1.807, 2.05) is 0 Å². The zero-order valence-electron chi connectivity index (χ0n) is 10.3. The van der Waals surface area contributed by atoms with Gasteiger partial charge in [0.2, 0.25) is 0 Å². The van der Waals surface area contributed by atoms with E-state index in [-0.39, 0.29) is 16.6 Å². The van der Waals surface area contributed by atoms with Gasteiger partial charge in [-0.2, -0.15) is 0 Å². The van der Waals surface area contributed by atoms with Gasteiger partial charge in [0.25, 0.3) is 0 Å². The molecule has 0 fully saturated rings. The molecule has 18 heavy (non-hydrogen) atoms. The van der Waals surface area contributed by atoms with Crippen molar-refractivity contribution >= 4 is 34.9 Å². The molecule has 1 aromatic rings. The average molecular weight is 294 g/mol. The van der Waals surface area contributed by atoms with Gasteiger partial charge in [0, 0.05) is 0 Å². The number of hydrogen-bond donors (Lipinski definition) is 1. The Balaban J connectivity index is 2.67. The van der Waals surface area contributed by atoms with Gasteiger partial charge in [-0.1, -0.05) is 23.2 Å². The van der Waals surface area contributed by atoms with Gasteiger partial charge in [0.05, 0.1) is 15.7 Å². The highest BCUT2D eigenvalue weighted by molar-refractivity contribution is 6.39. The van der Waals surface area contributed by atoms with Crippen molar-refractivity contribution in [2.75, 3.05) is 11.9 Å². The fourth-order valence-corrected chi connectivity index (χ4v) is 1.84. The average Bonchev–Trinajstić information content (AvgIpc) is 2.12. The predicted molar refractivity (Wildman–Crippen MR) is 70.8 cm³/mol. The number of carbonyl (C=O) groups is 1. The number of carbonyl (C=O) groups excluding carboxylic acids is 1. The first-order chi connectivity index (χ1) is 8.19. The first kappa shape index (κ1) is 15.1. The van der Waals surface area contributed by atoms with Gasteiger partial charge in [-0.15, -0.1) is 0 Å². The van der Waals surface area contributed by atoms with Gasteiger partial charge >= 0.3 is 5.97 Å². The molecule has 3 nitrogen and oxygen atoms in total. The van der Waals surface area contributed by atoms with Crippen LogP contribution in [0.15, 0.2) is 12.1 Å². The highest BCUT2D eigenvalue weighted by atomic mass is 35.5. The van der Waals surface area contributed by atoms with Crippen molar-refractivity contribution in [2.45, 2.75) is 26.4 Å². The lowest BCUT2D eigenvalue weighted by Gasteiger charge is -2.20. The van der Waals surface area contributed by atoms with Crippen molar-refractivity contribution < 1.29 is 13.9 Å². The van der Waals surface area contributed by atoms with Gasteiger partial charge in [-0.3, -0.25) is 4.79 Å². The molecule has 0 bridgehead atoms. The minimum absolute atomic E-state index is 0.0949. The normalized spacial score (nSPS) is 11.2. The molecule has 0 aliphatic carbocycles. The molecular formula is C12H14Cl2FNO2. The van der Waals surface area contributed by atoms with Crippen molar-refractivity contribution in [1.29, 1.82) is 0 Å². The number of hydrogen-bond acceptors (Lipinski definition) is 3. The summed E-state index contributed by atoms with van der Waals surface area (Å²) in [6.07, 6.45) is 0. The van der Waals surface area contributed by atoms with Crippen LogP contribution in [-0.2, 0) is 9.53 Å². The second-order valence-electron chi connectivity index (χ2n) is 4.68. The molecule has 0 saturated heterocycles. The summed E-state index contributed by atoms with van der Waals surface area (Å²) in [6.45, 7) is 5.20. The Bertz CT molecular complexity index is 435. The van der Waals surface area contributed by atoms with E-state index in [0.29, 0.717) is 5.69 Å². The Morgan fingerprint density at radius 3 is 2.28 bits per heavy atom. The second-order valence-corrected chi connectivity index (χ2v) is 5.50. The summed E-state index contributed by atoms with van der Waals surface area (Å²) in [7, 11) is 0. The van der Waals surface area contributed by atoms with Gasteiger partial charge in [-0.05, 0) is 32.9 Å². The van der Waals surface area contributed by atoms with Crippen LogP contribution in [0.3, 0.4) is 0 Å². The fourth-order valence-electron chi connectivity index (χ4n) is 1.25. The van der Waals surface area contributed by atoms with Crippen LogP contribution in [0.2, 0.25) is 10.0 Å². The molecule has 1 aromatic carbocycles. The maximum absolute atomic E-state index is 12.9. The van der Waals surface area contributed by atoms with E-state index in [0.717, 1.165) is 12.1 Å². The molecule has 100 valence electrons. The van der Waals surface area contributed by atoms with Crippen LogP contribution in [0, 0.1) is 5.82 Å². The van der Waals surface area contributed by atoms with Crippen LogP contribution < -0.4 is 5.32 Å². The molecule has 0 heterocycles. The van der Waals surface area contributed by atoms with Crippen molar-refractivity contribution in [3.63, 3.8) is 0 Å². The smallest absolute Gasteiger partial charge is 0.325 e. The summed E-state index contributed by atoms with van der Waals surface area (Å²) in [4.78, 5) is 11.5. The van der Waals surface area contributed by atoms with Gasteiger partial charge in [0.15, 0.2) is 0 Å².